The molecule has 0 aliphatic rings. The summed E-state index contributed by atoms with van der Waals surface area (Å²) in [5, 5.41) is 13.7. The molecule has 1 aromatic carbocycles. The summed E-state index contributed by atoms with van der Waals surface area (Å²) < 4.78 is 1.20. The van der Waals surface area contributed by atoms with Crippen LogP contribution in [0.2, 0.25) is 0 Å². The van der Waals surface area contributed by atoms with Crippen molar-refractivity contribution >= 4 is 21.4 Å². The summed E-state index contributed by atoms with van der Waals surface area (Å²) >= 11 is 1.66. The molecule has 0 aliphatic carbocycles. The monoisotopic (exact) mass is 255 g/mol. The number of hydrogen-bond acceptors (Lipinski definition) is 3. The van der Waals surface area contributed by atoms with Gasteiger partial charge in [-0.25, -0.2) is 0 Å². The molecular weight excluding hydrogens is 242 g/mol. The molecule has 3 heteroatoms. The SMILES string of the molecule is Cc1ccncc1C(O)c1csc2ccccc12. The second-order valence-corrected chi connectivity index (χ2v) is 5.23. The zero-order valence-corrected chi connectivity index (χ0v) is 10.8. The number of benzene rings is 1. The van der Waals surface area contributed by atoms with E-state index in [-0.39, 0.29) is 0 Å². The molecule has 0 aliphatic heterocycles. The summed E-state index contributed by atoms with van der Waals surface area (Å²) in [6, 6.07) is 10.1. The van der Waals surface area contributed by atoms with E-state index in [4.69, 9.17) is 0 Å². The first-order chi connectivity index (χ1) is 8.77. The number of aromatic nitrogens is 1. The van der Waals surface area contributed by atoms with Crippen molar-refractivity contribution in [3.63, 3.8) is 0 Å². The second-order valence-electron chi connectivity index (χ2n) is 4.32. The Bertz CT molecular complexity index is 690. The Balaban J connectivity index is 2.13. The lowest BCUT2D eigenvalue weighted by Crippen LogP contribution is -2.01. The van der Waals surface area contributed by atoms with Gasteiger partial charge in [-0.15, -0.1) is 11.3 Å². The standard InChI is InChI=1S/C15H13NOS/c1-10-6-7-16-8-12(10)15(17)13-9-18-14-5-3-2-4-11(13)14/h2-9,15,17H,1H3. The lowest BCUT2D eigenvalue weighted by Gasteiger charge is -2.12. The number of nitrogens with zero attached hydrogens (tertiary/aromatic N) is 1. The van der Waals surface area contributed by atoms with Crippen molar-refractivity contribution < 1.29 is 5.11 Å². The zero-order valence-electron chi connectivity index (χ0n) is 10.00. The minimum Gasteiger partial charge on any atom is -0.384 e. The van der Waals surface area contributed by atoms with E-state index in [1.807, 2.05) is 30.5 Å². The molecule has 3 rings (SSSR count). The van der Waals surface area contributed by atoms with E-state index in [0.29, 0.717) is 0 Å². The molecule has 1 N–H and O–H groups in total. The Morgan fingerprint density at radius 1 is 1.17 bits per heavy atom. The van der Waals surface area contributed by atoms with Crippen molar-refractivity contribution in [3.8, 4) is 0 Å². The van der Waals surface area contributed by atoms with E-state index in [9.17, 15) is 5.11 Å². The minimum atomic E-state index is -0.602. The fourth-order valence-electron chi connectivity index (χ4n) is 2.14. The van der Waals surface area contributed by atoms with Crippen LogP contribution < -0.4 is 0 Å². The van der Waals surface area contributed by atoms with Gasteiger partial charge in [0.15, 0.2) is 0 Å². The molecular formula is C15H13NOS. The first kappa shape index (κ1) is 11.4. The van der Waals surface area contributed by atoms with Crippen molar-refractivity contribution in [2.24, 2.45) is 0 Å². The molecule has 1 atom stereocenters. The van der Waals surface area contributed by atoms with Gasteiger partial charge in [0.25, 0.3) is 0 Å². The predicted molar refractivity (Wildman–Crippen MR) is 74.9 cm³/mol. The molecule has 0 bridgehead atoms. The lowest BCUT2D eigenvalue weighted by atomic mass is 9.99. The molecule has 2 aromatic heterocycles. The maximum absolute atomic E-state index is 10.5. The molecule has 2 heterocycles. The van der Waals surface area contributed by atoms with Crippen LogP contribution >= 0.6 is 11.3 Å². The number of aliphatic hydroxyl groups is 1. The number of fused-ring (bicyclic) bond motifs is 1. The van der Waals surface area contributed by atoms with Gasteiger partial charge in [-0.3, -0.25) is 4.98 Å². The Labute approximate surface area is 110 Å². The number of pyridine rings is 1. The molecule has 0 saturated carbocycles. The van der Waals surface area contributed by atoms with Gasteiger partial charge in [0, 0.05) is 28.2 Å². The van der Waals surface area contributed by atoms with Crippen LogP contribution in [0, 0.1) is 6.92 Å². The Hall–Kier alpha value is -1.71. The van der Waals surface area contributed by atoms with Crippen molar-refractivity contribution in [2.45, 2.75) is 13.0 Å². The van der Waals surface area contributed by atoms with Gasteiger partial charge in [0.05, 0.1) is 0 Å². The van der Waals surface area contributed by atoms with Gasteiger partial charge in [-0.1, -0.05) is 18.2 Å². The average molecular weight is 255 g/mol. The summed E-state index contributed by atoms with van der Waals surface area (Å²) in [6.07, 6.45) is 2.89. The van der Waals surface area contributed by atoms with Crippen LogP contribution in [-0.2, 0) is 0 Å². The normalized spacial score (nSPS) is 12.8. The fourth-order valence-corrected chi connectivity index (χ4v) is 3.12. The van der Waals surface area contributed by atoms with Gasteiger partial charge >= 0.3 is 0 Å². The summed E-state index contributed by atoms with van der Waals surface area (Å²) in [4.78, 5) is 4.10. The van der Waals surface area contributed by atoms with Crippen molar-refractivity contribution in [1.82, 2.24) is 4.98 Å². The lowest BCUT2D eigenvalue weighted by molar-refractivity contribution is 0.221. The third-order valence-corrected chi connectivity index (χ3v) is 4.16. The van der Waals surface area contributed by atoms with Crippen molar-refractivity contribution in [3.05, 3.63) is 64.8 Å². The van der Waals surface area contributed by atoms with Crippen LogP contribution in [0.1, 0.15) is 22.8 Å². The van der Waals surface area contributed by atoms with Crippen molar-refractivity contribution in [2.75, 3.05) is 0 Å². The molecule has 18 heavy (non-hydrogen) atoms. The second kappa shape index (κ2) is 4.52. The van der Waals surface area contributed by atoms with E-state index >= 15 is 0 Å². The molecule has 2 nitrogen and oxygen atoms in total. The minimum absolute atomic E-state index is 0.602. The van der Waals surface area contributed by atoms with Crippen LogP contribution in [-0.4, -0.2) is 10.1 Å². The number of thiophene rings is 1. The van der Waals surface area contributed by atoms with Crippen LogP contribution in [0.25, 0.3) is 10.1 Å². The highest BCUT2D eigenvalue weighted by Crippen LogP contribution is 2.33. The molecule has 0 amide bonds. The molecule has 3 aromatic rings. The van der Waals surface area contributed by atoms with Gasteiger partial charge < -0.3 is 5.11 Å². The maximum Gasteiger partial charge on any atom is 0.107 e. The summed E-state index contributed by atoms with van der Waals surface area (Å²) in [5.74, 6) is 0. The largest absolute Gasteiger partial charge is 0.384 e. The Kier molecular flexibility index (Phi) is 2.86. The predicted octanol–water partition coefficient (Wildman–Crippen LogP) is 3.69. The molecule has 0 saturated heterocycles. The van der Waals surface area contributed by atoms with E-state index in [2.05, 4.69) is 17.1 Å². The van der Waals surface area contributed by atoms with Gasteiger partial charge in [0.1, 0.15) is 6.10 Å². The van der Waals surface area contributed by atoms with E-state index < -0.39 is 6.10 Å². The first-order valence-electron chi connectivity index (χ1n) is 5.82. The smallest absolute Gasteiger partial charge is 0.107 e. The van der Waals surface area contributed by atoms with Gasteiger partial charge in [-0.05, 0) is 35.4 Å². The summed E-state index contributed by atoms with van der Waals surface area (Å²) in [5.41, 5.74) is 2.90. The Morgan fingerprint density at radius 3 is 2.83 bits per heavy atom. The third kappa shape index (κ3) is 1.82. The van der Waals surface area contributed by atoms with E-state index in [1.54, 1.807) is 23.7 Å². The van der Waals surface area contributed by atoms with Crippen LogP contribution in [0.15, 0.2) is 48.1 Å². The number of hydrogen-bond donors (Lipinski definition) is 1. The van der Waals surface area contributed by atoms with Crippen molar-refractivity contribution in [1.29, 1.82) is 0 Å². The first-order valence-corrected chi connectivity index (χ1v) is 6.70. The number of aliphatic hydroxyl groups excluding tert-OH is 1. The van der Waals surface area contributed by atoms with Crippen LogP contribution in [0.3, 0.4) is 0 Å². The molecule has 0 spiro atoms. The summed E-state index contributed by atoms with van der Waals surface area (Å²) in [6.45, 7) is 1.99. The molecule has 0 radical (unpaired) electrons. The highest BCUT2D eigenvalue weighted by Gasteiger charge is 2.16. The van der Waals surface area contributed by atoms with Gasteiger partial charge in [0.2, 0.25) is 0 Å². The quantitative estimate of drug-likeness (QED) is 0.757. The van der Waals surface area contributed by atoms with Crippen LogP contribution in [0.5, 0.6) is 0 Å². The Morgan fingerprint density at radius 2 is 2.00 bits per heavy atom. The highest BCUT2D eigenvalue weighted by atomic mass is 32.1. The average Bonchev–Trinajstić information content (AvgIpc) is 2.82. The topological polar surface area (TPSA) is 33.1 Å². The highest BCUT2D eigenvalue weighted by molar-refractivity contribution is 7.17. The molecule has 90 valence electrons. The number of aryl methyl sites for hydroxylation is 1. The maximum atomic E-state index is 10.5. The zero-order chi connectivity index (χ0) is 12.5. The number of rotatable bonds is 2. The third-order valence-electron chi connectivity index (χ3n) is 3.18. The van der Waals surface area contributed by atoms with Crippen LogP contribution in [0.4, 0.5) is 0 Å². The van der Waals surface area contributed by atoms with E-state index in [1.165, 1.54) is 4.70 Å². The summed E-state index contributed by atoms with van der Waals surface area (Å²) in [7, 11) is 0. The van der Waals surface area contributed by atoms with Gasteiger partial charge in [-0.2, -0.15) is 0 Å². The molecule has 1 unspecified atom stereocenters. The fraction of sp³-hybridized carbons (Fsp3) is 0.133. The van der Waals surface area contributed by atoms with E-state index in [0.717, 1.165) is 22.1 Å². The molecule has 0 fully saturated rings.